The second-order valence-corrected chi connectivity index (χ2v) is 5.33. The molecule has 0 atom stereocenters. The Labute approximate surface area is 112 Å². The molecule has 0 aromatic carbocycles. The monoisotopic (exact) mass is 270 g/mol. The van der Waals surface area contributed by atoms with Crippen molar-refractivity contribution in [2.45, 2.75) is 45.6 Å². The molecule has 0 saturated heterocycles. The molecule has 0 spiro atoms. The normalized spacial score (nSPS) is 22.9. The highest BCUT2D eigenvalue weighted by atomic mass is 16.4. The van der Waals surface area contributed by atoms with E-state index in [1.165, 1.54) is 0 Å². The standard InChI is InChI=1S/C13H22N2O4/c1-8(2)15-11(16)7-14-12(17)9-3-5-10(6-4-9)13(18)19/h8-10H,3-7H2,1-2H3,(H,14,17)(H,15,16)(H,18,19). The zero-order valence-corrected chi connectivity index (χ0v) is 11.4. The van der Waals surface area contributed by atoms with Gasteiger partial charge in [0.25, 0.3) is 0 Å². The zero-order valence-electron chi connectivity index (χ0n) is 11.4. The van der Waals surface area contributed by atoms with Crippen molar-refractivity contribution in [1.29, 1.82) is 0 Å². The highest BCUT2D eigenvalue weighted by Crippen LogP contribution is 2.28. The first-order valence-electron chi connectivity index (χ1n) is 6.70. The van der Waals surface area contributed by atoms with E-state index in [0.717, 1.165) is 0 Å². The van der Waals surface area contributed by atoms with Crippen LogP contribution in [0.4, 0.5) is 0 Å². The molecule has 0 heterocycles. The fourth-order valence-corrected chi connectivity index (χ4v) is 2.29. The lowest BCUT2D eigenvalue weighted by molar-refractivity contribution is -0.144. The summed E-state index contributed by atoms with van der Waals surface area (Å²) in [5.74, 6) is -1.63. The molecule has 1 aliphatic rings. The Kier molecular flexibility index (Phi) is 5.79. The Bertz CT molecular complexity index is 347. The molecule has 1 saturated carbocycles. The van der Waals surface area contributed by atoms with E-state index in [9.17, 15) is 14.4 Å². The van der Waals surface area contributed by atoms with Gasteiger partial charge in [0, 0.05) is 12.0 Å². The molecular weight excluding hydrogens is 248 g/mol. The average Bonchev–Trinajstić information content (AvgIpc) is 2.35. The summed E-state index contributed by atoms with van der Waals surface area (Å²) in [4.78, 5) is 34.0. The lowest BCUT2D eigenvalue weighted by Gasteiger charge is -2.25. The molecular formula is C13H22N2O4. The molecule has 1 rings (SSSR count). The van der Waals surface area contributed by atoms with Gasteiger partial charge in [0.1, 0.15) is 0 Å². The maximum absolute atomic E-state index is 11.8. The first-order chi connectivity index (χ1) is 8.90. The van der Waals surface area contributed by atoms with Gasteiger partial charge in [-0.1, -0.05) is 0 Å². The largest absolute Gasteiger partial charge is 0.481 e. The summed E-state index contributed by atoms with van der Waals surface area (Å²) < 4.78 is 0. The number of amides is 2. The van der Waals surface area contributed by atoms with Gasteiger partial charge in [0.15, 0.2) is 0 Å². The molecule has 0 radical (unpaired) electrons. The molecule has 2 amide bonds. The molecule has 0 unspecified atom stereocenters. The van der Waals surface area contributed by atoms with Crippen LogP contribution in [0, 0.1) is 11.8 Å². The summed E-state index contributed by atoms with van der Waals surface area (Å²) in [7, 11) is 0. The van der Waals surface area contributed by atoms with Crippen LogP contribution < -0.4 is 10.6 Å². The SMILES string of the molecule is CC(C)NC(=O)CNC(=O)C1CCC(C(=O)O)CC1. The summed E-state index contributed by atoms with van der Waals surface area (Å²) in [5, 5.41) is 14.2. The van der Waals surface area contributed by atoms with Crippen molar-refractivity contribution in [1.82, 2.24) is 10.6 Å². The van der Waals surface area contributed by atoms with Crippen LogP contribution in [-0.4, -0.2) is 35.5 Å². The third kappa shape index (κ3) is 5.28. The highest BCUT2D eigenvalue weighted by Gasteiger charge is 2.29. The van der Waals surface area contributed by atoms with Crippen LogP contribution in [-0.2, 0) is 14.4 Å². The fourth-order valence-electron chi connectivity index (χ4n) is 2.29. The van der Waals surface area contributed by atoms with E-state index in [-0.39, 0.29) is 36.2 Å². The van der Waals surface area contributed by atoms with E-state index < -0.39 is 5.97 Å². The van der Waals surface area contributed by atoms with Gasteiger partial charge in [-0.25, -0.2) is 0 Å². The number of hydrogen-bond donors (Lipinski definition) is 3. The second kappa shape index (κ2) is 7.11. The molecule has 1 aliphatic carbocycles. The quantitative estimate of drug-likeness (QED) is 0.678. The van der Waals surface area contributed by atoms with Gasteiger partial charge in [0.05, 0.1) is 12.5 Å². The molecule has 3 N–H and O–H groups in total. The minimum atomic E-state index is -0.782. The summed E-state index contributed by atoms with van der Waals surface area (Å²) in [6.07, 6.45) is 2.22. The number of carbonyl (C=O) groups is 3. The van der Waals surface area contributed by atoms with Crippen molar-refractivity contribution in [3.8, 4) is 0 Å². The van der Waals surface area contributed by atoms with Crippen molar-refractivity contribution in [3.05, 3.63) is 0 Å². The maximum Gasteiger partial charge on any atom is 0.306 e. The highest BCUT2D eigenvalue weighted by molar-refractivity contribution is 5.86. The van der Waals surface area contributed by atoms with Crippen LogP contribution in [0.25, 0.3) is 0 Å². The Morgan fingerprint density at radius 2 is 1.63 bits per heavy atom. The lowest BCUT2D eigenvalue weighted by Crippen LogP contribution is -2.42. The van der Waals surface area contributed by atoms with Crippen LogP contribution >= 0.6 is 0 Å². The van der Waals surface area contributed by atoms with E-state index >= 15 is 0 Å². The molecule has 108 valence electrons. The third-order valence-corrected chi connectivity index (χ3v) is 3.32. The predicted octanol–water partition coefficient (Wildman–Crippen LogP) is 0.518. The summed E-state index contributed by atoms with van der Waals surface area (Å²) in [6.45, 7) is 3.69. The Morgan fingerprint density at radius 3 is 2.11 bits per heavy atom. The van der Waals surface area contributed by atoms with E-state index in [1.54, 1.807) is 0 Å². The van der Waals surface area contributed by atoms with E-state index in [1.807, 2.05) is 13.8 Å². The third-order valence-electron chi connectivity index (χ3n) is 3.32. The molecule has 1 fully saturated rings. The number of carboxylic acid groups (broad SMARTS) is 1. The second-order valence-electron chi connectivity index (χ2n) is 5.33. The van der Waals surface area contributed by atoms with Gasteiger partial charge < -0.3 is 15.7 Å². The Morgan fingerprint density at radius 1 is 1.11 bits per heavy atom. The van der Waals surface area contributed by atoms with E-state index in [4.69, 9.17) is 5.11 Å². The molecule has 6 heteroatoms. The van der Waals surface area contributed by atoms with Gasteiger partial charge >= 0.3 is 5.97 Å². The topological polar surface area (TPSA) is 95.5 Å². The van der Waals surface area contributed by atoms with Crippen molar-refractivity contribution in [2.75, 3.05) is 6.54 Å². The number of carbonyl (C=O) groups excluding carboxylic acids is 2. The van der Waals surface area contributed by atoms with Gasteiger partial charge in [0.2, 0.25) is 11.8 Å². The van der Waals surface area contributed by atoms with Gasteiger partial charge in [-0.05, 0) is 39.5 Å². The van der Waals surface area contributed by atoms with Crippen LogP contribution in [0.15, 0.2) is 0 Å². The number of rotatable bonds is 5. The number of hydrogen-bond acceptors (Lipinski definition) is 3. The minimum Gasteiger partial charge on any atom is -0.481 e. The van der Waals surface area contributed by atoms with Crippen LogP contribution in [0.1, 0.15) is 39.5 Å². The molecule has 6 nitrogen and oxygen atoms in total. The predicted molar refractivity (Wildman–Crippen MR) is 69.4 cm³/mol. The van der Waals surface area contributed by atoms with Crippen molar-refractivity contribution < 1.29 is 19.5 Å². The van der Waals surface area contributed by atoms with Crippen LogP contribution in [0.2, 0.25) is 0 Å². The molecule has 0 aliphatic heterocycles. The smallest absolute Gasteiger partial charge is 0.306 e. The summed E-state index contributed by atoms with van der Waals surface area (Å²) in [6, 6.07) is 0.0513. The first-order valence-corrected chi connectivity index (χ1v) is 6.70. The molecule has 0 aromatic rings. The average molecular weight is 270 g/mol. The Balaban J connectivity index is 2.28. The van der Waals surface area contributed by atoms with Crippen LogP contribution in [0.3, 0.4) is 0 Å². The molecule has 19 heavy (non-hydrogen) atoms. The van der Waals surface area contributed by atoms with Crippen molar-refractivity contribution >= 4 is 17.8 Å². The zero-order chi connectivity index (χ0) is 14.4. The van der Waals surface area contributed by atoms with Gasteiger partial charge in [-0.3, -0.25) is 14.4 Å². The minimum absolute atomic E-state index is 0.0180. The van der Waals surface area contributed by atoms with Gasteiger partial charge in [-0.15, -0.1) is 0 Å². The lowest BCUT2D eigenvalue weighted by atomic mass is 9.81. The Hall–Kier alpha value is -1.59. The number of nitrogens with one attached hydrogen (secondary N) is 2. The first kappa shape index (κ1) is 15.5. The van der Waals surface area contributed by atoms with E-state index in [2.05, 4.69) is 10.6 Å². The molecule has 0 bridgehead atoms. The number of carboxylic acids is 1. The fraction of sp³-hybridized carbons (Fsp3) is 0.769. The maximum atomic E-state index is 11.8. The number of aliphatic carboxylic acids is 1. The van der Waals surface area contributed by atoms with Crippen molar-refractivity contribution in [3.63, 3.8) is 0 Å². The van der Waals surface area contributed by atoms with Crippen LogP contribution in [0.5, 0.6) is 0 Å². The van der Waals surface area contributed by atoms with Crippen molar-refractivity contribution in [2.24, 2.45) is 11.8 Å². The summed E-state index contributed by atoms with van der Waals surface area (Å²) >= 11 is 0. The van der Waals surface area contributed by atoms with E-state index in [0.29, 0.717) is 25.7 Å². The molecule has 0 aromatic heterocycles. The van der Waals surface area contributed by atoms with Gasteiger partial charge in [-0.2, -0.15) is 0 Å². The summed E-state index contributed by atoms with van der Waals surface area (Å²) in [5.41, 5.74) is 0.